The van der Waals surface area contributed by atoms with Crippen LogP contribution in [0.3, 0.4) is 0 Å². The highest BCUT2D eigenvalue weighted by Gasteiger charge is 2.07. The van der Waals surface area contributed by atoms with E-state index in [1.54, 1.807) is 0 Å². The topological polar surface area (TPSA) is 25.0 Å². The fraction of sp³-hybridized carbons (Fsp3) is 0.214. The molecule has 1 aromatic heterocycles. The number of nitrogens with one attached hydrogen (secondary N) is 1. The van der Waals surface area contributed by atoms with E-state index in [0.29, 0.717) is 0 Å². The monoisotopic (exact) mass is 245 g/mol. The minimum atomic E-state index is 0.155. The molecule has 2 aromatic rings. The average Bonchev–Trinajstić information content (AvgIpc) is 2.29. The Kier molecular flexibility index (Phi) is 3.59. The number of benzene rings is 1. The van der Waals surface area contributed by atoms with E-state index in [-0.39, 0.29) is 6.10 Å². The zero-order chi connectivity index (χ0) is 12.3. The standard InChI is InChI=1S/C14H15NOS/c1-10(2)16-14-6-4-3-5-12(14)13-9-11(17)7-8-15-13/h3-10H,1-2H3,(H,15,17). The lowest BCUT2D eigenvalue weighted by atomic mass is 10.1. The van der Waals surface area contributed by atoms with Gasteiger partial charge in [0, 0.05) is 16.3 Å². The maximum atomic E-state index is 5.79. The number of rotatable bonds is 3. The van der Waals surface area contributed by atoms with E-state index in [4.69, 9.17) is 17.0 Å². The first kappa shape index (κ1) is 11.9. The largest absolute Gasteiger partial charge is 0.490 e. The molecule has 0 saturated carbocycles. The van der Waals surface area contributed by atoms with Gasteiger partial charge in [-0.2, -0.15) is 0 Å². The van der Waals surface area contributed by atoms with Crippen LogP contribution in [0.15, 0.2) is 42.6 Å². The number of aromatic amines is 1. The lowest BCUT2D eigenvalue weighted by Gasteiger charge is -2.14. The molecule has 1 N–H and O–H groups in total. The highest BCUT2D eigenvalue weighted by atomic mass is 32.1. The maximum Gasteiger partial charge on any atom is 0.128 e. The van der Waals surface area contributed by atoms with Crippen LogP contribution in [0.1, 0.15) is 13.8 Å². The smallest absolute Gasteiger partial charge is 0.128 e. The van der Waals surface area contributed by atoms with Crippen molar-refractivity contribution in [2.45, 2.75) is 20.0 Å². The van der Waals surface area contributed by atoms with Gasteiger partial charge in [0.05, 0.1) is 11.8 Å². The first-order chi connectivity index (χ1) is 8.16. The second-order valence-corrected chi connectivity index (χ2v) is 4.57. The molecule has 3 heteroatoms. The van der Waals surface area contributed by atoms with E-state index in [2.05, 4.69) is 4.98 Å². The molecule has 17 heavy (non-hydrogen) atoms. The molecule has 0 aliphatic rings. The molecular weight excluding hydrogens is 230 g/mol. The first-order valence-corrected chi connectivity index (χ1v) is 6.02. The van der Waals surface area contributed by atoms with Crippen LogP contribution in [0.5, 0.6) is 5.75 Å². The fourth-order valence-corrected chi connectivity index (χ4v) is 1.83. The Labute approximate surface area is 106 Å². The molecule has 0 amide bonds. The predicted octanol–water partition coefficient (Wildman–Crippen LogP) is 4.20. The zero-order valence-electron chi connectivity index (χ0n) is 9.94. The third-order valence-corrected chi connectivity index (χ3v) is 2.57. The minimum Gasteiger partial charge on any atom is -0.490 e. The van der Waals surface area contributed by atoms with Crippen LogP contribution < -0.4 is 4.74 Å². The van der Waals surface area contributed by atoms with Gasteiger partial charge < -0.3 is 9.72 Å². The van der Waals surface area contributed by atoms with Gasteiger partial charge in [-0.25, -0.2) is 0 Å². The van der Waals surface area contributed by atoms with Gasteiger partial charge in [0.25, 0.3) is 0 Å². The highest BCUT2D eigenvalue weighted by Crippen LogP contribution is 2.28. The van der Waals surface area contributed by atoms with E-state index < -0.39 is 0 Å². The molecule has 0 aliphatic carbocycles. The van der Waals surface area contributed by atoms with Crippen molar-refractivity contribution in [1.82, 2.24) is 4.98 Å². The summed E-state index contributed by atoms with van der Waals surface area (Å²) in [5, 5.41) is 0. The molecule has 2 nitrogen and oxygen atoms in total. The normalized spacial score (nSPS) is 10.5. The van der Waals surface area contributed by atoms with Gasteiger partial charge in [0.1, 0.15) is 5.75 Å². The summed E-state index contributed by atoms with van der Waals surface area (Å²) in [6.45, 7) is 4.04. The summed E-state index contributed by atoms with van der Waals surface area (Å²) in [6, 6.07) is 11.8. The van der Waals surface area contributed by atoms with Crippen molar-refractivity contribution in [3.05, 3.63) is 47.1 Å². The van der Waals surface area contributed by atoms with Gasteiger partial charge in [-0.15, -0.1) is 0 Å². The molecule has 0 fully saturated rings. The van der Waals surface area contributed by atoms with Gasteiger partial charge in [0.15, 0.2) is 0 Å². The fourth-order valence-electron chi connectivity index (χ4n) is 1.65. The lowest BCUT2D eigenvalue weighted by Crippen LogP contribution is -2.06. The molecule has 0 saturated heterocycles. The van der Waals surface area contributed by atoms with Gasteiger partial charge in [-0.3, -0.25) is 0 Å². The number of ether oxygens (including phenoxy) is 1. The third-order valence-electron chi connectivity index (χ3n) is 2.31. The number of H-pyrrole nitrogens is 1. The van der Waals surface area contributed by atoms with Gasteiger partial charge >= 0.3 is 0 Å². The zero-order valence-corrected chi connectivity index (χ0v) is 10.8. The Balaban J connectivity index is 2.48. The lowest BCUT2D eigenvalue weighted by molar-refractivity contribution is 0.243. The minimum absolute atomic E-state index is 0.155. The van der Waals surface area contributed by atoms with Crippen LogP contribution in [-0.4, -0.2) is 11.1 Å². The molecule has 2 rings (SSSR count). The molecule has 0 spiro atoms. The molecular formula is C14H15NOS. The number of hydrogen-bond acceptors (Lipinski definition) is 2. The SMILES string of the molecule is CC(C)Oc1ccccc1-c1cc(=S)cc[nH]1. The van der Waals surface area contributed by atoms with Crippen LogP contribution in [-0.2, 0) is 0 Å². The van der Waals surface area contributed by atoms with Crippen molar-refractivity contribution >= 4 is 12.2 Å². The third kappa shape index (κ3) is 2.94. The van der Waals surface area contributed by atoms with Gasteiger partial charge in [0.2, 0.25) is 0 Å². The molecule has 88 valence electrons. The Morgan fingerprint density at radius 2 is 1.94 bits per heavy atom. The van der Waals surface area contributed by atoms with Crippen LogP contribution in [0.4, 0.5) is 0 Å². The summed E-state index contributed by atoms with van der Waals surface area (Å²) in [6.07, 6.45) is 2.01. The highest BCUT2D eigenvalue weighted by molar-refractivity contribution is 7.71. The van der Waals surface area contributed by atoms with E-state index in [0.717, 1.165) is 21.5 Å². The number of hydrogen-bond donors (Lipinski definition) is 1. The number of pyridine rings is 1. The molecule has 0 bridgehead atoms. The number of para-hydroxylation sites is 1. The van der Waals surface area contributed by atoms with Crippen molar-refractivity contribution in [1.29, 1.82) is 0 Å². The summed E-state index contributed by atoms with van der Waals surface area (Å²) in [5.41, 5.74) is 2.02. The van der Waals surface area contributed by atoms with Gasteiger partial charge in [-0.1, -0.05) is 24.4 Å². The second-order valence-electron chi connectivity index (χ2n) is 4.10. The molecule has 0 atom stereocenters. The summed E-state index contributed by atoms with van der Waals surface area (Å²) in [4.78, 5) is 3.19. The molecule has 0 aliphatic heterocycles. The molecule has 0 unspecified atom stereocenters. The summed E-state index contributed by atoms with van der Waals surface area (Å²) in [5.74, 6) is 0.874. The van der Waals surface area contributed by atoms with Crippen molar-refractivity contribution in [3.8, 4) is 17.0 Å². The van der Waals surface area contributed by atoms with Gasteiger partial charge in [-0.05, 0) is 38.1 Å². The van der Waals surface area contributed by atoms with Crippen molar-refractivity contribution in [3.63, 3.8) is 0 Å². The first-order valence-electron chi connectivity index (χ1n) is 5.61. The quantitative estimate of drug-likeness (QED) is 0.820. The van der Waals surface area contributed by atoms with E-state index in [9.17, 15) is 0 Å². The van der Waals surface area contributed by atoms with Crippen LogP contribution in [0, 0.1) is 4.51 Å². The summed E-state index contributed by atoms with van der Waals surface area (Å²) in [7, 11) is 0. The second kappa shape index (κ2) is 5.15. The Bertz CT molecular complexity index is 560. The van der Waals surface area contributed by atoms with Crippen LogP contribution >= 0.6 is 12.2 Å². The van der Waals surface area contributed by atoms with Crippen molar-refractivity contribution in [2.75, 3.05) is 0 Å². The Morgan fingerprint density at radius 3 is 2.65 bits per heavy atom. The Hall–Kier alpha value is -1.61. The van der Waals surface area contributed by atoms with Crippen molar-refractivity contribution in [2.24, 2.45) is 0 Å². The predicted molar refractivity (Wildman–Crippen MR) is 72.8 cm³/mol. The Morgan fingerprint density at radius 1 is 1.18 bits per heavy atom. The molecule has 0 radical (unpaired) electrons. The molecule has 1 heterocycles. The van der Waals surface area contributed by atoms with E-state index in [1.807, 2.05) is 56.4 Å². The maximum absolute atomic E-state index is 5.79. The van der Waals surface area contributed by atoms with E-state index >= 15 is 0 Å². The molecule has 1 aromatic carbocycles. The van der Waals surface area contributed by atoms with Crippen molar-refractivity contribution < 1.29 is 4.74 Å². The van der Waals surface area contributed by atoms with Crippen LogP contribution in [0.25, 0.3) is 11.3 Å². The summed E-state index contributed by atoms with van der Waals surface area (Å²) < 4.78 is 6.60. The number of aromatic nitrogens is 1. The summed E-state index contributed by atoms with van der Waals surface area (Å²) >= 11 is 5.17. The average molecular weight is 245 g/mol. The van der Waals surface area contributed by atoms with E-state index in [1.165, 1.54) is 0 Å². The van der Waals surface area contributed by atoms with Crippen LogP contribution in [0.2, 0.25) is 0 Å².